The number of rotatable bonds is 4. The molecule has 0 spiro atoms. The molecule has 0 saturated heterocycles. The third-order valence-corrected chi connectivity index (χ3v) is 3.94. The molecule has 0 radical (unpaired) electrons. The molecule has 1 heterocycles. The van der Waals surface area contributed by atoms with Gasteiger partial charge in [0.1, 0.15) is 23.7 Å². The zero-order valence-corrected chi connectivity index (χ0v) is 14.0. The molecule has 3 aromatic rings. The van der Waals surface area contributed by atoms with Crippen LogP contribution in [0.2, 0.25) is 5.02 Å². The maximum Gasteiger partial charge on any atom is 0.274 e. The van der Waals surface area contributed by atoms with Crippen LogP contribution in [0.1, 0.15) is 16.1 Å². The van der Waals surface area contributed by atoms with Crippen molar-refractivity contribution in [2.24, 2.45) is 0 Å². The van der Waals surface area contributed by atoms with Crippen LogP contribution in [0.25, 0.3) is 0 Å². The summed E-state index contributed by atoms with van der Waals surface area (Å²) in [6.45, 7) is 1.82. The van der Waals surface area contributed by atoms with Gasteiger partial charge in [0.05, 0.1) is 0 Å². The smallest absolute Gasteiger partial charge is 0.274 e. The Labute approximate surface area is 148 Å². The lowest BCUT2D eigenvalue weighted by atomic mass is 10.2. The number of hydrogen-bond donors (Lipinski definition) is 2. The van der Waals surface area contributed by atoms with Gasteiger partial charge >= 0.3 is 0 Å². The van der Waals surface area contributed by atoms with Crippen LogP contribution >= 0.6 is 11.6 Å². The van der Waals surface area contributed by atoms with Crippen molar-refractivity contribution in [3.63, 3.8) is 0 Å². The molecule has 0 aliphatic heterocycles. The monoisotopic (exact) mass is 356 g/mol. The zero-order valence-electron chi connectivity index (χ0n) is 13.3. The summed E-state index contributed by atoms with van der Waals surface area (Å²) >= 11 is 6.06. The van der Waals surface area contributed by atoms with Crippen molar-refractivity contribution >= 4 is 34.7 Å². The van der Waals surface area contributed by atoms with Crippen LogP contribution in [0.4, 0.5) is 21.6 Å². The Bertz CT molecular complexity index is 915. The van der Waals surface area contributed by atoms with Crippen molar-refractivity contribution in [3.8, 4) is 0 Å². The molecule has 0 aliphatic rings. The number of aromatic nitrogens is 2. The molecule has 1 aromatic heterocycles. The average Bonchev–Trinajstić information content (AvgIpc) is 2.61. The van der Waals surface area contributed by atoms with E-state index in [1.54, 1.807) is 30.3 Å². The average molecular weight is 357 g/mol. The van der Waals surface area contributed by atoms with Crippen molar-refractivity contribution < 1.29 is 9.18 Å². The van der Waals surface area contributed by atoms with Crippen LogP contribution in [0.15, 0.2) is 54.9 Å². The number of halogens is 2. The molecule has 0 unspecified atom stereocenters. The number of carbonyl (C=O) groups excluding carboxylic acids is 1. The van der Waals surface area contributed by atoms with E-state index in [9.17, 15) is 9.18 Å². The van der Waals surface area contributed by atoms with Gasteiger partial charge in [0.15, 0.2) is 0 Å². The number of benzene rings is 2. The lowest BCUT2D eigenvalue weighted by Gasteiger charge is -2.10. The van der Waals surface area contributed by atoms with E-state index >= 15 is 0 Å². The van der Waals surface area contributed by atoms with Gasteiger partial charge in [-0.3, -0.25) is 4.79 Å². The summed E-state index contributed by atoms with van der Waals surface area (Å²) in [6, 6.07) is 12.6. The van der Waals surface area contributed by atoms with E-state index in [4.69, 9.17) is 11.6 Å². The minimum absolute atomic E-state index is 0.194. The molecule has 7 heteroatoms. The van der Waals surface area contributed by atoms with Gasteiger partial charge in [0, 0.05) is 22.5 Å². The molecule has 126 valence electrons. The molecule has 25 heavy (non-hydrogen) atoms. The first kappa shape index (κ1) is 16.9. The first-order valence-corrected chi connectivity index (χ1v) is 7.82. The third-order valence-electron chi connectivity index (χ3n) is 3.53. The highest BCUT2D eigenvalue weighted by atomic mass is 35.5. The summed E-state index contributed by atoms with van der Waals surface area (Å²) in [6.07, 6.45) is 1.28. The molecular formula is C18H14ClFN4O. The fourth-order valence-electron chi connectivity index (χ4n) is 2.16. The lowest BCUT2D eigenvalue weighted by molar-refractivity contribution is 0.102. The standard InChI is InChI=1S/C18H14ClFN4O/c1-11-14(19)3-2-4-15(11)24-18(25)16-9-17(22-10-21-16)23-13-7-5-12(20)6-8-13/h2-10H,1H3,(H,24,25)(H,21,22,23). The van der Waals surface area contributed by atoms with Gasteiger partial charge in [-0.25, -0.2) is 14.4 Å². The van der Waals surface area contributed by atoms with Crippen molar-refractivity contribution in [2.75, 3.05) is 10.6 Å². The molecule has 2 N–H and O–H groups in total. The third kappa shape index (κ3) is 4.10. The van der Waals surface area contributed by atoms with Crippen LogP contribution in [0.5, 0.6) is 0 Å². The molecule has 5 nitrogen and oxygen atoms in total. The van der Waals surface area contributed by atoms with Crippen molar-refractivity contribution in [2.45, 2.75) is 6.92 Å². The highest BCUT2D eigenvalue weighted by molar-refractivity contribution is 6.31. The van der Waals surface area contributed by atoms with E-state index in [2.05, 4.69) is 20.6 Å². The summed E-state index contributed by atoms with van der Waals surface area (Å²) in [5.74, 6) is -0.283. The van der Waals surface area contributed by atoms with Crippen LogP contribution in [0.3, 0.4) is 0 Å². The Morgan fingerprint density at radius 2 is 1.88 bits per heavy atom. The largest absolute Gasteiger partial charge is 0.340 e. The number of hydrogen-bond acceptors (Lipinski definition) is 4. The molecule has 0 atom stereocenters. The lowest BCUT2D eigenvalue weighted by Crippen LogP contribution is -2.15. The predicted octanol–water partition coefficient (Wildman–Crippen LogP) is 4.57. The van der Waals surface area contributed by atoms with Gasteiger partial charge in [0.25, 0.3) is 5.91 Å². The molecule has 0 saturated carbocycles. The maximum atomic E-state index is 12.9. The summed E-state index contributed by atoms with van der Waals surface area (Å²) < 4.78 is 12.9. The van der Waals surface area contributed by atoms with Gasteiger partial charge in [-0.2, -0.15) is 0 Å². The second kappa shape index (κ2) is 7.27. The first-order chi connectivity index (χ1) is 12.0. The van der Waals surface area contributed by atoms with Gasteiger partial charge in [-0.15, -0.1) is 0 Å². The van der Waals surface area contributed by atoms with E-state index in [0.29, 0.717) is 22.2 Å². The van der Waals surface area contributed by atoms with Crippen molar-refractivity contribution in [3.05, 3.63) is 77.0 Å². The molecule has 0 fully saturated rings. The van der Waals surface area contributed by atoms with Gasteiger partial charge < -0.3 is 10.6 Å². The normalized spacial score (nSPS) is 10.4. The van der Waals surface area contributed by atoms with Crippen LogP contribution in [-0.2, 0) is 0 Å². The number of nitrogens with one attached hydrogen (secondary N) is 2. The highest BCUT2D eigenvalue weighted by Gasteiger charge is 2.11. The minimum atomic E-state index is -0.380. The van der Waals surface area contributed by atoms with E-state index in [1.165, 1.54) is 24.5 Å². The summed E-state index contributed by atoms with van der Waals surface area (Å²) in [5.41, 5.74) is 2.23. The fraction of sp³-hybridized carbons (Fsp3) is 0.0556. The van der Waals surface area contributed by atoms with Crippen LogP contribution < -0.4 is 10.6 Å². The molecule has 3 rings (SSSR count). The van der Waals surface area contributed by atoms with Gasteiger partial charge in [0.2, 0.25) is 0 Å². The highest BCUT2D eigenvalue weighted by Crippen LogP contribution is 2.23. The molecular weight excluding hydrogens is 343 g/mol. The number of carbonyl (C=O) groups is 1. The Hall–Kier alpha value is -2.99. The quantitative estimate of drug-likeness (QED) is 0.718. The Morgan fingerprint density at radius 1 is 1.12 bits per heavy atom. The van der Waals surface area contributed by atoms with E-state index in [1.807, 2.05) is 6.92 Å². The topological polar surface area (TPSA) is 66.9 Å². The van der Waals surface area contributed by atoms with Crippen molar-refractivity contribution in [1.29, 1.82) is 0 Å². The molecule has 2 aromatic carbocycles. The van der Waals surface area contributed by atoms with Crippen LogP contribution in [-0.4, -0.2) is 15.9 Å². The first-order valence-electron chi connectivity index (χ1n) is 7.44. The minimum Gasteiger partial charge on any atom is -0.340 e. The molecule has 1 amide bonds. The predicted molar refractivity (Wildman–Crippen MR) is 95.9 cm³/mol. The van der Waals surface area contributed by atoms with E-state index < -0.39 is 0 Å². The van der Waals surface area contributed by atoms with Crippen molar-refractivity contribution in [1.82, 2.24) is 9.97 Å². The molecule has 0 aliphatic carbocycles. The fourth-order valence-corrected chi connectivity index (χ4v) is 2.33. The SMILES string of the molecule is Cc1c(Cl)cccc1NC(=O)c1cc(Nc2ccc(F)cc2)ncn1. The second-order valence-electron chi connectivity index (χ2n) is 5.29. The van der Waals surface area contributed by atoms with Gasteiger partial charge in [-0.1, -0.05) is 17.7 Å². The van der Waals surface area contributed by atoms with Crippen LogP contribution in [0, 0.1) is 12.7 Å². The van der Waals surface area contributed by atoms with Gasteiger partial charge in [-0.05, 0) is 48.9 Å². The Kier molecular flexibility index (Phi) is 4.90. The number of nitrogens with zero attached hydrogens (tertiary/aromatic N) is 2. The summed E-state index contributed by atoms with van der Waals surface area (Å²) in [5, 5.41) is 6.34. The van der Waals surface area contributed by atoms with E-state index in [-0.39, 0.29) is 17.4 Å². The summed E-state index contributed by atoms with van der Waals surface area (Å²) in [4.78, 5) is 20.5. The zero-order chi connectivity index (χ0) is 17.8. The van der Waals surface area contributed by atoms with E-state index in [0.717, 1.165) is 5.56 Å². The maximum absolute atomic E-state index is 12.9. The summed E-state index contributed by atoms with van der Waals surface area (Å²) in [7, 11) is 0. The number of amides is 1. The molecule has 0 bridgehead atoms. The Morgan fingerprint density at radius 3 is 2.64 bits per heavy atom. The second-order valence-corrected chi connectivity index (χ2v) is 5.69. The Balaban J connectivity index is 1.77. The number of anilines is 3.